The summed E-state index contributed by atoms with van der Waals surface area (Å²) in [7, 11) is 1.71. The number of hydrogen-bond donors (Lipinski definition) is 1. The zero-order valence-corrected chi connectivity index (χ0v) is 11.6. The van der Waals surface area contributed by atoms with Crippen molar-refractivity contribution in [2.24, 2.45) is 0 Å². The van der Waals surface area contributed by atoms with Crippen molar-refractivity contribution in [1.82, 2.24) is 9.97 Å². The van der Waals surface area contributed by atoms with Crippen LogP contribution in [0.2, 0.25) is 0 Å². The smallest absolute Gasteiger partial charge is 0.165 e. The van der Waals surface area contributed by atoms with Gasteiger partial charge in [-0.1, -0.05) is 12.1 Å². The third-order valence-corrected chi connectivity index (χ3v) is 3.33. The molecule has 1 N–H and O–H groups in total. The van der Waals surface area contributed by atoms with Crippen LogP contribution in [0.3, 0.4) is 0 Å². The second-order valence-electron chi connectivity index (χ2n) is 4.74. The third kappa shape index (κ3) is 2.31. The van der Waals surface area contributed by atoms with Gasteiger partial charge in [0.25, 0.3) is 0 Å². The van der Waals surface area contributed by atoms with E-state index in [0.717, 1.165) is 0 Å². The summed E-state index contributed by atoms with van der Waals surface area (Å²) in [5.41, 5.74) is 1.25. The van der Waals surface area contributed by atoms with E-state index in [2.05, 4.69) is 15.3 Å². The first-order valence-corrected chi connectivity index (χ1v) is 6.50. The monoisotopic (exact) mass is 285 g/mol. The van der Waals surface area contributed by atoms with Gasteiger partial charge in [0.05, 0.1) is 11.1 Å². The minimum absolute atomic E-state index is 0.235. The number of anilines is 1. The second-order valence-corrected chi connectivity index (χ2v) is 4.74. The fraction of sp³-hybridized carbons (Fsp3) is 0.125. The van der Waals surface area contributed by atoms with Crippen LogP contribution in [0.4, 0.5) is 14.6 Å². The lowest BCUT2D eigenvalue weighted by atomic mass is 10.1. The zero-order chi connectivity index (χ0) is 15.0. The number of benzene rings is 2. The number of aromatic nitrogens is 2. The molecule has 0 radical (unpaired) electrons. The van der Waals surface area contributed by atoms with Gasteiger partial charge in [-0.05, 0) is 30.7 Å². The number of nitrogens with one attached hydrogen (secondary N) is 1. The van der Waals surface area contributed by atoms with Crippen LogP contribution >= 0.6 is 0 Å². The zero-order valence-electron chi connectivity index (χ0n) is 11.6. The maximum Gasteiger partial charge on any atom is 0.165 e. The SMILES string of the molecule is CNc1nc(-c2cccc(C)c2F)nc2cc(F)ccc12. The molecule has 0 bridgehead atoms. The lowest BCUT2D eigenvalue weighted by Gasteiger charge is -2.09. The molecule has 0 aliphatic carbocycles. The Bertz CT molecular complexity index is 831. The first-order chi connectivity index (χ1) is 10.1. The van der Waals surface area contributed by atoms with Gasteiger partial charge in [0, 0.05) is 18.5 Å². The molecule has 3 nitrogen and oxygen atoms in total. The van der Waals surface area contributed by atoms with Crippen LogP contribution in [0.15, 0.2) is 36.4 Å². The van der Waals surface area contributed by atoms with Crippen LogP contribution in [0.1, 0.15) is 5.56 Å². The van der Waals surface area contributed by atoms with Crippen molar-refractivity contribution < 1.29 is 8.78 Å². The van der Waals surface area contributed by atoms with Crippen LogP contribution in [0.5, 0.6) is 0 Å². The van der Waals surface area contributed by atoms with Crippen LogP contribution in [0.25, 0.3) is 22.3 Å². The topological polar surface area (TPSA) is 37.8 Å². The largest absolute Gasteiger partial charge is 0.373 e. The maximum atomic E-state index is 14.2. The molecular formula is C16H13F2N3. The van der Waals surface area contributed by atoms with Gasteiger partial charge in [0.15, 0.2) is 5.82 Å². The highest BCUT2D eigenvalue weighted by Crippen LogP contribution is 2.27. The van der Waals surface area contributed by atoms with Gasteiger partial charge < -0.3 is 5.32 Å². The van der Waals surface area contributed by atoms with E-state index in [9.17, 15) is 8.78 Å². The predicted octanol–water partition coefficient (Wildman–Crippen LogP) is 3.93. The van der Waals surface area contributed by atoms with E-state index in [1.165, 1.54) is 12.1 Å². The summed E-state index contributed by atoms with van der Waals surface area (Å²) in [5, 5.41) is 3.63. The molecule has 0 amide bonds. The van der Waals surface area contributed by atoms with Crippen molar-refractivity contribution in [3.05, 3.63) is 53.6 Å². The van der Waals surface area contributed by atoms with E-state index in [4.69, 9.17) is 0 Å². The Hall–Kier alpha value is -2.56. The number of halogens is 2. The molecule has 1 heterocycles. The van der Waals surface area contributed by atoms with Crippen molar-refractivity contribution in [2.45, 2.75) is 6.92 Å². The molecule has 2 aromatic carbocycles. The van der Waals surface area contributed by atoms with E-state index in [1.807, 2.05) is 0 Å². The molecule has 0 atom stereocenters. The lowest BCUT2D eigenvalue weighted by molar-refractivity contribution is 0.621. The second kappa shape index (κ2) is 5.09. The quantitative estimate of drug-likeness (QED) is 0.775. The van der Waals surface area contributed by atoms with E-state index in [-0.39, 0.29) is 17.5 Å². The van der Waals surface area contributed by atoms with E-state index in [1.54, 1.807) is 38.2 Å². The Morgan fingerprint density at radius 2 is 1.86 bits per heavy atom. The summed E-state index contributed by atoms with van der Waals surface area (Å²) in [6.45, 7) is 1.68. The van der Waals surface area contributed by atoms with E-state index >= 15 is 0 Å². The number of fused-ring (bicyclic) bond motifs is 1. The predicted molar refractivity (Wildman–Crippen MR) is 79.2 cm³/mol. The van der Waals surface area contributed by atoms with Crippen molar-refractivity contribution in [1.29, 1.82) is 0 Å². The molecule has 106 valence electrons. The van der Waals surface area contributed by atoms with Crippen LogP contribution in [-0.2, 0) is 0 Å². The summed E-state index contributed by atoms with van der Waals surface area (Å²) in [5.74, 6) is 0.0174. The van der Waals surface area contributed by atoms with Crippen LogP contribution in [-0.4, -0.2) is 17.0 Å². The molecule has 0 aliphatic heterocycles. The maximum absolute atomic E-state index is 14.2. The van der Waals surface area contributed by atoms with Gasteiger partial charge in [-0.3, -0.25) is 0 Å². The molecule has 0 unspecified atom stereocenters. The van der Waals surface area contributed by atoms with Gasteiger partial charge in [0.2, 0.25) is 0 Å². The Morgan fingerprint density at radius 1 is 1.05 bits per heavy atom. The number of hydrogen-bond acceptors (Lipinski definition) is 3. The normalized spacial score (nSPS) is 10.9. The average Bonchev–Trinajstić information content (AvgIpc) is 2.48. The highest BCUT2D eigenvalue weighted by molar-refractivity contribution is 5.90. The summed E-state index contributed by atoms with van der Waals surface area (Å²) in [4.78, 5) is 8.62. The molecule has 0 saturated carbocycles. The number of rotatable bonds is 2. The van der Waals surface area contributed by atoms with Gasteiger partial charge in [0.1, 0.15) is 17.5 Å². The van der Waals surface area contributed by atoms with Crippen molar-refractivity contribution >= 4 is 16.7 Å². The summed E-state index contributed by atoms with van der Waals surface area (Å²) < 4.78 is 27.6. The van der Waals surface area contributed by atoms with Gasteiger partial charge >= 0.3 is 0 Å². The Balaban J connectivity index is 2.30. The van der Waals surface area contributed by atoms with E-state index < -0.39 is 0 Å². The van der Waals surface area contributed by atoms with Crippen LogP contribution in [0, 0.1) is 18.6 Å². The van der Waals surface area contributed by atoms with Gasteiger partial charge in [-0.15, -0.1) is 0 Å². The summed E-state index contributed by atoms with van der Waals surface area (Å²) >= 11 is 0. The minimum atomic E-state index is -0.390. The number of nitrogens with zero attached hydrogens (tertiary/aromatic N) is 2. The Morgan fingerprint density at radius 3 is 2.62 bits per heavy atom. The molecule has 21 heavy (non-hydrogen) atoms. The van der Waals surface area contributed by atoms with E-state index in [0.29, 0.717) is 27.8 Å². The highest BCUT2D eigenvalue weighted by atomic mass is 19.1. The third-order valence-electron chi connectivity index (χ3n) is 3.33. The fourth-order valence-corrected chi connectivity index (χ4v) is 2.23. The molecule has 0 aliphatic rings. The first kappa shape index (κ1) is 13.4. The molecule has 0 saturated heterocycles. The molecule has 0 fully saturated rings. The Labute approximate surface area is 120 Å². The Kier molecular flexibility index (Phi) is 3.25. The molecule has 0 spiro atoms. The van der Waals surface area contributed by atoms with Crippen molar-refractivity contribution in [3.63, 3.8) is 0 Å². The molecule has 3 rings (SSSR count). The molecular weight excluding hydrogens is 272 g/mol. The molecule has 1 aromatic heterocycles. The lowest BCUT2D eigenvalue weighted by Crippen LogP contribution is -2.00. The van der Waals surface area contributed by atoms with Crippen LogP contribution < -0.4 is 5.32 Å². The molecule has 5 heteroatoms. The van der Waals surface area contributed by atoms with Crippen molar-refractivity contribution in [3.8, 4) is 11.4 Å². The summed E-state index contributed by atoms with van der Waals surface area (Å²) in [6.07, 6.45) is 0. The minimum Gasteiger partial charge on any atom is -0.373 e. The first-order valence-electron chi connectivity index (χ1n) is 6.50. The standard InChI is InChI=1S/C16H13F2N3/c1-9-4-3-5-12(14(9)18)16-20-13-8-10(17)6-7-11(13)15(19-2)21-16/h3-8H,1-2H3,(H,19,20,21). The van der Waals surface area contributed by atoms with Gasteiger partial charge in [-0.25, -0.2) is 18.7 Å². The molecule has 3 aromatic rings. The summed E-state index contributed by atoms with van der Waals surface area (Å²) in [6, 6.07) is 9.30. The highest BCUT2D eigenvalue weighted by Gasteiger charge is 2.13. The van der Waals surface area contributed by atoms with Gasteiger partial charge in [-0.2, -0.15) is 0 Å². The van der Waals surface area contributed by atoms with Crippen molar-refractivity contribution in [2.75, 3.05) is 12.4 Å². The fourth-order valence-electron chi connectivity index (χ4n) is 2.23. The average molecular weight is 285 g/mol. The number of aryl methyl sites for hydroxylation is 1.